The summed E-state index contributed by atoms with van der Waals surface area (Å²) in [6, 6.07) is 9.06. The van der Waals surface area contributed by atoms with Crippen LogP contribution in [-0.2, 0) is 5.41 Å². The molecule has 1 nitrogen and oxygen atoms in total. The topological polar surface area (TPSA) is 12.0 Å². The van der Waals surface area contributed by atoms with Crippen LogP contribution in [0.2, 0.25) is 5.02 Å². The molecule has 1 aromatic rings. The molecule has 0 spiro atoms. The summed E-state index contributed by atoms with van der Waals surface area (Å²) in [6.07, 6.45) is 5.25. The molecule has 0 heterocycles. The molecular weight excluding hydrogens is 254 g/mol. The maximum atomic E-state index is 6.03. The first-order valence-electron chi connectivity index (χ1n) is 7.51. The lowest BCUT2D eigenvalue weighted by Crippen LogP contribution is -2.43. The fourth-order valence-electron chi connectivity index (χ4n) is 3.09. The highest BCUT2D eigenvalue weighted by molar-refractivity contribution is 6.30. The van der Waals surface area contributed by atoms with Crippen LogP contribution < -0.4 is 5.32 Å². The number of rotatable bonds is 4. The van der Waals surface area contributed by atoms with E-state index in [0.29, 0.717) is 11.5 Å². The Morgan fingerprint density at radius 2 is 1.79 bits per heavy atom. The van der Waals surface area contributed by atoms with Gasteiger partial charge in [0, 0.05) is 23.0 Å². The van der Waals surface area contributed by atoms with Gasteiger partial charge in [0.15, 0.2) is 0 Å². The van der Waals surface area contributed by atoms with Crippen molar-refractivity contribution in [2.24, 2.45) is 5.92 Å². The third kappa shape index (κ3) is 3.73. The SMILES string of the molecule is CC1CCC(CNC(C)C)(c2ccc(Cl)cc2)CC1. The second-order valence-corrected chi connectivity index (χ2v) is 6.94. The van der Waals surface area contributed by atoms with Crippen molar-refractivity contribution in [2.45, 2.75) is 57.9 Å². The summed E-state index contributed by atoms with van der Waals surface area (Å²) in [5.74, 6) is 0.875. The van der Waals surface area contributed by atoms with Gasteiger partial charge in [0.1, 0.15) is 0 Å². The van der Waals surface area contributed by atoms with E-state index in [0.717, 1.165) is 17.5 Å². The number of hydrogen-bond acceptors (Lipinski definition) is 1. The first-order chi connectivity index (χ1) is 9.02. The zero-order chi connectivity index (χ0) is 13.9. The smallest absolute Gasteiger partial charge is 0.0406 e. The minimum Gasteiger partial charge on any atom is -0.314 e. The molecular formula is C17H26ClN. The molecule has 1 aliphatic rings. The Bertz CT molecular complexity index is 388. The minimum atomic E-state index is 0.307. The van der Waals surface area contributed by atoms with Gasteiger partial charge in [0.2, 0.25) is 0 Å². The zero-order valence-electron chi connectivity index (χ0n) is 12.4. The van der Waals surface area contributed by atoms with Crippen LogP contribution in [0.25, 0.3) is 0 Å². The fraction of sp³-hybridized carbons (Fsp3) is 0.647. The van der Waals surface area contributed by atoms with E-state index in [1.165, 1.54) is 31.2 Å². The first kappa shape index (κ1) is 14.9. The van der Waals surface area contributed by atoms with Crippen molar-refractivity contribution in [2.75, 3.05) is 6.54 Å². The molecule has 0 unspecified atom stereocenters. The normalized spacial score (nSPS) is 27.7. The van der Waals surface area contributed by atoms with E-state index in [-0.39, 0.29) is 0 Å². The Morgan fingerprint density at radius 1 is 1.21 bits per heavy atom. The molecule has 1 aliphatic carbocycles. The van der Waals surface area contributed by atoms with Gasteiger partial charge in [-0.3, -0.25) is 0 Å². The largest absolute Gasteiger partial charge is 0.314 e. The molecule has 0 saturated heterocycles. The lowest BCUT2D eigenvalue weighted by atomic mass is 9.67. The quantitative estimate of drug-likeness (QED) is 0.836. The summed E-state index contributed by atoms with van der Waals surface area (Å²) in [6.45, 7) is 7.91. The van der Waals surface area contributed by atoms with Crippen LogP contribution in [0.15, 0.2) is 24.3 Å². The van der Waals surface area contributed by atoms with Gasteiger partial charge in [-0.05, 0) is 49.3 Å². The van der Waals surface area contributed by atoms with Crippen molar-refractivity contribution in [3.8, 4) is 0 Å². The number of halogens is 1. The molecule has 1 N–H and O–H groups in total. The van der Waals surface area contributed by atoms with Crippen LogP contribution in [-0.4, -0.2) is 12.6 Å². The molecule has 0 aromatic heterocycles. The molecule has 0 amide bonds. The number of nitrogens with one attached hydrogen (secondary N) is 1. The van der Waals surface area contributed by atoms with Crippen molar-refractivity contribution in [3.63, 3.8) is 0 Å². The van der Waals surface area contributed by atoms with Crippen LogP contribution in [0.3, 0.4) is 0 Å². The fourth-order valence-corrected chi connectivity index (χ4v) is 3.21. The molecule has 2 rings (SSSR count). The summed E-state index contributed by atoms with van der Waals surface area (Å²) in [5, 5.41) is 4.48. The van der Waals surface area contributed by atoms with Crippen molar-refractivity contribution in [3.05, 3.63) is 34.9 Å². The van der Waals surface area contributed by atoms with E-state index in [9.17, 15) is 0 Å². The van der Waals surface area contributed by atoms with Crippen LogP contribution >= 0.6 is 11.6 Å². The van der Waals surface area contributed by atoms with Gasteiger partial charge < -0.3 is 5.32 Å². The monoisotopic (exact) mass is 279 g/mol. The maximum absolute atomic E-state index is 6.03. The first-order valence-corrected chi connectivity index (χ1v) is 7.89. The highest BCUT2D eigenvalue weighted by Crippen LogP contribution is 2.41. The predicted octanol–water partition coefficient (Wildman–Crippen LogP) is 4.79. The highest BCUT2D eigenvalue weighted by Gasteiger charge is 2.35. The Hall–Kier alpha value is -0.530. The molecule has 0 bridgehead atoms. The highest BCUT2D eigenvalue weighted by atomic mass is 35.5. The summed E-state index contributed by atoms with van der Waals surface area (Å²) in [7, 11) is 0. The van der Waals surface area contributed by atoms with E-state index in [2.05, 4.69) is 38.2 Å². The molecule has 1 aromatic carbocycles. The second kappa shape index (κ2) is 6.28. The summed E-state index contributed by atoms with van der Waals surface area (Å²) >= 11 is 6.03. The van der Waals surface area contributed by atoms with Gasteiger partial charge in [-0.2, -0.15) is 0 Å². The molecule has 1 fully saturated rings. The second-order valence-electron chi connectivity index (χ2n) is 6.51. The van der Waals surface area contributed by atoms with E-state index in [4.69, 9.17) is 11.6 Å². The van der Waals surface area contributed by atoms with Crippen molar-refractivity contribution >= 4 is 11.6 Å². The van der Waals surface area contributed by atoms with Crippen molar-refractivity contribution < 1.29 is 0 Å². The Kier molecular flexibility index (Phi) is 4.92. The molecule has 2 heteroatoms. The molecule has 106 valence electrons. The predicted molar refractivity (Wildman–Crippen MR) is 83.9 cm³/mol. The lowest BCUT2D eigenvalue weighted by Gasteiger charge is -2.41. The Labute approximate surface area is 122 Å². The van der Waals surface area contributed by atoms with Gasteiger partial charge in [-0.25, -0.2) is 0 Å². The van der Waals surface area contributed by atoms with Crippen molar-refractivity contribution in [1.29, 1.82) is 0 Å². The van der Waals surface area contributed by atoms with Crippen LogP contribution in [0.1, 0.15) is 52.0 Å². The molecule has 19 heavy (non-hydrogen) atoms. The Balaban J connectivity index is 2.20. The summed E-state index contributed by atoms with van der Waals surface area (Å²) in [5.41, 5.74) is 1.76. The summed E-state index contributed by atoms with van der Waals surface area (Å²) < 4.78 is 0. The van der Waals surface area contributed by atoms with Gasteiger partial charge in [0.25, 0.3) is 0 Å². The zero-order valence-corrected chi connectivity index (χ0v) is 13.1. The van der Waals surface area contributed by atoms with E-state index in [1.54, 1.807) is 0 Å². The maximum Gasteiger partial charge on any atom is 0.0406 e. The molecule has 0 atom stereocenters. The third-order valence-electron chi connectivity index (χ3n) is 4.54. The lowest BCUT2D eigenvalue weighted by molar-refractivity contribution is 0.229. The van der Waals surface area contributed by atoms with Crippen LogP contribution in [0.5, 0.6) is 0 Å². The van der Waals surface area contributed by atoms with Crippen molar-refractivity contribution in [1.82, 2.24) is 5.32 Å². The standard InChI is InChI=1S/C17H26ClN/c1-13(2)19-12-17(10-8-14(3)9-11-17)15-4-6-16(18)7-5-15/h4-7,13-14,19H,8-12H2,1-3H3. The van der Waals surface area contributed by atoms with Gasteiger partial charge in [0.05, 0.1) is 0 Å². The van der Waals surface area contributed by atoms with Crippen LogP contribution in [0.4, 0.5) is 0 Å². The number of benzene rings is 1. The summed E-state index contributed by atoms with van der Waals surface area (Å²) in [4.78, 5) is 0. The van der Waals surface area contributed by atoms with Gasteiger partial charge >= 0.3 is 0 Å². The number of hydrogen-bond donors (Lipinski definition) is 1. The minimum absolute atomic E-state index is 0.307. The van der Waals surface area contributed by atoms with E-state index >= 15 is 0 Å². The van der Waals surface area contributed by atoms with Gasteiger partial charge in [-0.15, -0.1) is 0 Å². The van der Waals surface area contributed by atoms with E-state index < -0.39 is 0 Å². The average Bonchev–Trinajstić information content (AvgIpc) is 2.39. The average molecular weight is 280 g/mol. The molecule has 0 aliphatic heterocycles. The Morgan fingerprint density at radius 3 is 2.32 bits per heavy atom. The molecule has 0 radical (unpaired) electrons. The van der Waals surface area contributed by atoms with Crippen LogP contribution in [0, 0.1) is 5.92 Å². The molecule has 1 saturated carbocycles. The van der Waals surface area contributed by atoms with E-state index in [1.807, 2.05) is 12.1 Å². The third-order valence-corrected chi connectivity index (χ3v) is 4.79. The van der Waals surface area contributed by atoms with Gasteiger partial charge in [-0.1, -0.05) is 44.5 Å².